The number of anilines is 1. The van der Waals surface area contributed by atoms with E-state index in [9.17, 15) is 4.79 Å². The monoisotopic (exact) mass is 349 g/mol. The summed E-state index contributed by atoms with van der Waals surface area (Å²) in [6, 6.07) is 15.4. The van der Waals surface area contributed by atoms with Gasteiger partial charge in [0, 0.05) is 4.47 Å². The van der Waals surface area contributed by atoms with Crippen LogP contribution >= 0.6 is 27.5 Å². The van der Waals surface area contributed by atoms with E-state index in [4.69, 9.17) is 11.6 Å². The highest BCUT2D eigenvalue weighted by Crippen LogP contribution is 2.49. The second-order valence-corrected chi connectivity index (χ2v) is 6.35. The van der Waals surface area contributed by atoms with Crippen LogP contribution in [-0.2, 0) is 10.2 Å². The molecule has 0 spiro atoms. The van der Waals surface area contributed by atoms with Gasteiger partial charge in [-0.3, -0.25) is 4.79 Å². The molecule has 0 radical (unpaired) electrons. The first kappa shape index (κ1) is 13.7. The standard InChI is InChI=1S/C16H13BrClNO/c17-12-6-7-13(18)14(10-12)19-15(20)16(8-9-16)11-4-2-1-3-5-11/h1-7,10H,8-9H2,(H,19,20). The van der Waals surface area contributed by atoms with E-state index in [1.807, 2.05) is 42.5 Å². The zero-order valence-electron chi connectivity index (χ0n) is 10.7. The highest BCUT2D eigenvalue weighted by atomic mass is 79.9. The first-order valence-corrected chi connectivity index (χ1v) is 7.61. The third-order valence-corrected chi connectivity index (χ3v) is 4.51. The van der Waals surface area contributed by atoms with E-state index in [0.717, 1.165) is 22.9 Å². The smallest absolute Gasteiger partial charge is 0.235 e. The molecule has 0 aromatic heterocycles. The molecule has 0 saturated heterocycles. The number of hydrogen-bond acceptors (Lipinski definition) is 1. The molecule has 0 aliphatic heterocycles. The normalized spacial score (nSPS) is 15.7. The molecule has 2 aromatic carbocycles. The molecule has 1 aliphatic carbocycles. The van der Waals surface area contributed by atoms with Crippen molar-refractivity contribution in [2.24, 2.45) is 0 Å². The van der Waals surface area contributed by atoms with E-state index >= 15 is 0 Å². The second kappa shape index (κ2) is 5.23. The molecule has 1 amide bonds. The predicted octanol–water partition coefficient (Wildman–Crippen LogP) is 4.77. The third kappa shape index (κ3) is 2.48. The number of halogens is 2. The number of rotatable bonds is 3. The first-order valence-electron chi connectivity index (χ1n) is 6.44. The van der Waals surface area contributed by atoms with Gasteiger partial charge in [0.15, 0.2) is 0 Å². The van der Waals surface area contributed by atoms with Crippen LogP contribution in [-0.4, -0.2) is 5.91 Å². The summed E-state index contributed by atoms with van der Waals surface area (Å²) in [5.41, 5.74) is 1.34. The maximum atomic E-state index is 12.6. The van der Waals surface area contributed by atoms with Gasteiger partial charge in [0.1, 0.15) is 0 Å². The van der Waals surface area contributed by atoms with Gasteiger partial charge in [-0.1, -0.05) is 57.9 Å². The lowest BCUT2D eigenvalue weighted by Gasteiger charge is -2.16. The van der Waals surface area contributed by atoms with Gasteiger partial charge in [-0.2, -0.15) is 0 Å². The Morgan fingerprint density at radius 2 is 1.85 bits per heavy atom. The first-order chi connectivity index (χ1) is 9.62. The Bertz CT molecular complexity index is 653. The average molecular weight is 351 g/mol. The summed E-state index contributed by atoms with van der Waals surface area (Å²) in [4.78, 5) is 12.6. The van der Waals surface area contributed by atoms with Crippen molar-refractivity contribution >= 4 is 39.1 Å². The van der Waals surface area contributed by atoms with Crippen LogP contribution in [0.15, 0.2) is 53.0 Å². The van der Waals surface area contributed by atoms with Crippen molar-refractivity contribution in [3.8, 4) is 0 Å². The van der Waals surface area contributed by atoms with E-state index in [-0.39, 0.29) is 11.3 Å². The third-order valence-electron chi connectivity index (χ3n) is 3.69. The Hall–Kier alpha value is -1.32. The Kier molecular flexibility index (Phi) is 3.57. The van der Waals surface area contributed by atoms with Crippen molar-refractivity contribution in [1.29, 1.82) is 0 Å². The lowest BCUT2D eigenvalue weighted by Crippen LogP contribution is -2.27. The van der Waals surface area contributed by atoms with Crippen molar-refractivity contribution in [1.82, 2.24) is 0 Å². The van der Waals surface area contributed by atoms with E-state index in [1.165, 1.54) is 0 Å². The fourth-order valence-corrected chi connectivity index (χ4v) is 2.89. The Balaban J connectivity index is 1.85. The zero-order valence-corrected chi connectivity index (χ0v) is 13.0. The van der Waals surface area contributed by atoms with Gasteiger partial charge in [0.25, 0.3) is 0 Å². The Labute approximate surface area is 131 Å². The quantitative estimate of drug-likeness (QED) is 0.848. The van der Waals surface area contributed by atoms with Crippen LogP contribution in [0.5, 0.6) is 0 Å². The van der Waals surface area contributed by atoms with Gasteiger partial charge in [0.05, 0.1) is 16.1 Å². The second-order valence-electron chi connectivity index (χ2n) is 5.03. The van der Waals surface area contributed by atoms with Crippen LogP contribution in [0.1, 0.15) is 18.4 Å². The van der Waals surface area contributed by atoms with Gasteiger partial charge < -0.3 is 5.32 Å². The molecule has 1 fully saturated rings. The molecule has 20 heavy (non-hydrogen) atoms. The molecule has 1 saturated carbocycles. The molecule has 0 heterocycles. The minimum Gasteiger partial charge on any atom is -0.324 e. The summed E-state index contributed by atoms with van der Waals surface area (Å²) in [7, 11) is 0. The number of carbonyl (C=O) groups is 1. The Morgan fingerprint density at radius 1 is 1.15 bits per heavy atom. The van der Waals surface area contributed by atoms with Gasteiger partial charge in [0.2, 0.25) is 5.91 Å². The molecule has 102 valence electrons. The molecule has 0 bridgehead atoms. The van der Waals surface area contributed by atoms with Crippen molar-refractivity contribution < 1.29 is 4.79 Å². The summed E-state index contributed by atoms with van der Waals surface area (Å²) < 4.78 is 0.891. The molecule has 1 aliphatic rings. The van der Waals surface area contributed by atoms with E-state index in [0.29, 0.717) is 10.7 Å². The molecular weight excluding hydrogens is 338 g/mol. The minimum absolute atomic E-state index is 0.0173. The molecule has 2 nitrogen and oxygen atoms in total. The number of nitrogens with one attached hydrogen (secondary N) is 1. The fraction of sp³-hybridized carbons (Fsp3) is 0.188. The van der Waals surface area contributed by atoms with E-state index < -0.39 is 0 Å². The van der Waals surface area contributed by atoms with Crippen LogP contribution in [0, 0.1) is 0 Å². The SMILES string of the molecule is O=C(Nc1cc(Br)ccc1Cl)C1(c2ccccc2)CC1. The largest absolute Gasteiger partial charge is 0.324 e. The average Bonchev–Trinajstić information content (AvgIpc) is 3.25. The summed E-state index contributed by atoms with van der Waals surface area (Å²) in [5, 5.41) is 3.50. The van der Waals surface area contributed by atoms with E-state index in [2.05, 4.69) is 21.2 Å². The van der Waals surface area contributed by atoms with Crippen LogP contribution < -0.4 is 5.32 Å². The highest BCUT2D eigenvalue weighted by Gasteiger charge is 2.51. The topological polar surface area (TPSA) is 29.1 Å². The molecule has 2 aromatic rings. The summed E-state index contributed by atoms with van der Waals surface area (Å²) in [6.45, 7) is 0. The van der Waals surface area contributed by atoms with Gasteiger partial charge in [-0.15, -0.1) is 0 Å². The van der Waals surface area contributed by atoms with Gasteiger partial charge in [-0.25, -0.2) is 0 Å². The number of carbonyl (C=O) groups excluding carboxylic acids is 1. The Morgan fingerprint density at radius 3 is 2.50 bits per heavy atom. The fourth-order valence-electron chi connectivity index (χ4n) is 2.36. The highest BCUT2D eigenvalue weighted by molar-refractivity contribution is 9.10. The lowest BCUT2D eigenvalue weighted by molar-refractivity contribution is -0.118. The zero-order chi connectivity index (χ0) is 14.2. The summed E-state index contributed by atoms with van der Waals surface area (Å²) in [6.07, 6.45) is 1.77. The van der Waals surface area contributed by atoms with Crippen LogP contribution in [0.2, 0.25) is 5.02 Å². The number of amides is 1. The van der Waals surface area contributed by atoms with Crippen molar-refractivity contribution in [2.75, 3.05) is 5.32 Å². The predicted molar refractivity (Wildman–Crippen MR) is 85.1 cm³/mol. The molecule has 4 heteroatoms. The van der Waals surface area contributed by atoms with Gasteiger partial charge in [-0.05, 0) is 36.6 Å². The molecular formula is C16H13BrClNO. The van der Waals surface area contributed by atoms with Crippen molar-refractivity contribution in [3.05, 3.63) is 63.6 Å². The van der Waals surface area contributed by atoms with E-state index in [1.54, 1.807) is 6.07 Å². The summed E-state index contributed by atoms with van der Waals surface area (Å²) >= 11 is 9.51. The van der Waals surface area contributed by atoms with Crippen LogP contribution in [0.25, 0.3) is 0 Å². The number of hydrogen-bond donors (Lipinski definition) is 1. The van der Waals surface area contributed by atoms with Crippen molar-refractivity contribution in [3.63, 3.8) is 0 Å². The van der Waals surface area contributed by atoms with Crippen LogP contribution in [0.3, 0.4) is 0 Å². The lowest BCUT2D eigenvalue weighted by atomic mass is 9.95. The van der Waals surface area contributed by atoms with Crippen LogP contribution in [0.4, 0.5) is 5.69 Å². The molecule has 1 N–H and O–H groups in total. The van der Waals surface area contributed by atoms with Crippen molar-refractivity contribution in [2.45, 2.75) is 18.3 Å². The van der Waals surface area contributed by atoms with Gasteiger partial charge >= 0.3 is 0 Å². The minimum atomic E-state index is -0.382. The molecule has 0 unspecified atom stereocenters. The summed E-state index contributed by atoms with van der Waals surface area (Å²) in [5.74, 6) is 0.0173. The number of benzene rings is 2. The molecule has 3 rings (SSSR count). The maximum absolute atomic E-state index is 12.6. The molecule has 0 atom stereocenters. The maximum Gasteiger partial charge on any atom is 0.235 e.